The fourth-order valence-electron chi connectivity index (χ4n) is 3.03. The van der Waals surface area contributed by atoms with Crippen LogP contribution in [0.3, 0.4) is 0 Å². The Morgan fingerprint density at radius 2 is 1.67 bits per heavy atom. The molecule has 1 aromatic carbocycles. The van der Waals surface area contributed by atoms with Crippen LogP contribution in [-0.4, -0.2) is 34.1 Å². The molecular weight excluding hydrogens is 272 g/mol. The van der Waals surface area contributed by atoms with E-state index in [9.17, 15) is 19.2 Å². The highest BCUT2D eigenvalue weighted by molar-refractivity contribution is 6.24. The molecule has 0 bridgehead atoms. The van der Waals surface area contributed by atoms with Crippen LogP contribution in [0.5, 0.6) is 0 Å². The summed E-state index contributed by atoms with van der Waals surface area (Å²) in [7, 11) is 0. The van der Waals surface area contributed by atoms with Gasteiger partial charge in [-0.05, 0) is 25.0 Å². The molecule has 0 radical (unpaired) electrons. The molecule has 21 heavy (non-hydrogen) atoms. The second-order valence-corrected chi connectivity index (χ2v) is 5.25. The molecule has 1 saturated heterocycles. The second kappa shape index (κ2) is 4.51. The smallest absolute Gasteiger partial charge is 0.262 e. The van der Waals surface area contributed by atoms with Gasteiger partial charge in [-0.15, -0.1) is 0 Å². The van der Waals surface area contributed by atoms with Crippen molar-refractivity contribution in [1.82, 2.24) is 10.2 Å². The largest absolute Gasteiger partial charge is 0.294 e. The number of nitrogens with zero attached hydrogens (tertiary/aromatic N) is 1. The van der Waals surface area contributed by atoms with Crippen molar-refractivity contribution < 1.29 is 19.2 Å². The van der Waals surface area contributed by atoms with Crippen molar-refractivity contribution in [3.63, 3.8) is 0 Å². The van der Waals surface area contributed by atoms with Gasteiger partial charge in [0.2, 0.25) is 5.91 Å². The molecule has 2 aliphatic rings. The Hall–Kier alpha value is -2.50. The number of amides is 4. The maximum atomic E-state index is 12.5. The third kappa shape index (κ3) is 1.72. The van der Waals surface area contributed by atoms with Crippen LogP contribution >= 0.6 is 0 Å². The Morgan fingerprint density at radius 1 is 1.10 bits per heavy atom. The monoisotopic (exact) mass is 286 g/mol. The highest BCUT2D eigenvalue weighted by Gasteiger charge is 2.54. The average molecular weight is 286 g/mol. The Balaban J connectivity index is 2.08. The summed E-state index contributed by atoms with van der Waals surface area (Å²) < 4.78 is 0. The number of benzene rings is 1. The maximum absolute atomic E-state index is 12.5. The maximum Gasteiger partial charge on any atom is 0.262 e. The van der Waals surface area contributed by atoms with Gasteiger partial charge in [-0.3, -0.25) is 29.4 Å². The molecule has 0 spiro atoms. The summed E-state index contributed by atoms with van der Waals surface area (Å²) >= 11 is 0. The molecule has 6 heteroatoms. The van der Waals surface area contributed by atoms with E-state index < -0.39 is 23.3 Å². The molecule has 1 N–H and O–H groups in total. The number of imide groups is 2. The number of hydrogen-bond acceptors (Lipinski definition) is 4. The van der Waals surface area contributed by atoms with Crippen LogP contribution in [0.2, 0.25) is 0 Å². The minimum atomic E-state index is -1.28. The predicted molar refractivity (Wildman–Crippen MR) is 72.3 cm³/mol. The van der Waals surface area contributed by atoms with Crippen molar-refractivity contribution in [3.05, 3.63) is 35.4 Å². The van der Waals surface area contributed by atoms with E-state index in [0.29, 0.717) is 11.1 Å². The lowest BCUT2D eigenvalue weighted by Crippen LogP contribution is -2.64. The van der Waals surface area contributed by atoms with Crippen molar-refractivity contribution in [2.45, 2.75) is 31.7 Å². The Kier molecular flexibility index (Phi) is 2.90. The van der Waals surface area contributed by atoms with Gasteiger partial charge in [0.1, 0.15) is 5.54 Å². The molecule has 2 heterocycles. The van der Waals surface area contributed by atoms with Crippen LogP contribution in [0, 0.1) is 0 Å². The molecule has 1 aromatic rings. The zero-order valence-electron chi connectivity index (χ0n) is 11.5. The standard InChI is InChI=1S/C15H14N2O4/c1-2-15(8-7-11(18)16-14(15)21)17-12(19)9-5-3-4-6-10(9)13(17)20/h3-6H,2,7-8H2,1H3,(H,16,18,21)/t15-/m0/s1. The first-order valence-corrected chi connectivity index (χ1v) is 6.83. The quantitative estimate of drug-likeness (QED) is 0.818. The summed E-state index contributed by atoms with van der Waals surface area (Å²) in [5.41, 5.74) is -0.666. The van der Waals surface area contributed by atoms with Gasteiger partial charge in [0.05, 0.1) is 11.1 Å². The first-order valence-electron chi connectivity index (χ1n) is 6.83. The molecule has 2 aliphatic heterocycles. The summed E-state index contributed by atoms with van der Waals surface area (Å²) in [4.78, 5) is 49.8. The van der Waals surface area contributed by atoms with Crippen molar-refractivity contribution in [2.24, 2.45) is 0 Å². The van der Waals surface area contributed by atoms with Crippen LogP contribution < -0.4 is 5.32 Å². The van der Waals surface area contributed by atoms with Crippen molar-refractivity contribution >= 4 is 23.6 Å². The molecule has 0 saturated carbocycles. The number of piperidine rings is 1. The van der Waals surface area contributed by atoms with Crippen LogP contribution in [0.25, 0.3) is 0 Å². The van der Waals surface area contributed by atoms with E-state index in [1.54, 1.807) is 31.2 Å². The van der Waals surface area contributed by atoms with E-state index in [4.69, 9.17) is 0 Å². The third-order valence-corrected chi connectivity index (χ3v) is 4.25. The average Bonchev–Trinajstić information content (AvgIpc) is 2.74. The van der Waals surface area contributed by atoms with E-state index in [1.165, 1.54) is 0 Å². The van der Waals surface area contributed by atoms with Gasteiger partial charge >= 0.3 is 0 Å². The van der Waals surface area contributed by atoms with Crippen LogP contribution in [-0.2, 0) is 9.59 Å². The van der Waals surface area contributed by atoms with Crippen LogP contribution in [0.15, 0.2) is 24.3 Å². The lowest BCUT2D eigenvalue weighted by Gasteiger charge is -2.40. The summed E-state index contributed by atoms with van der Waals surface area (Å²) in [6.45, 7) is 1.74. The first-order chi connectivity index (χ1) is 10.0. The third-order valence-electron chi connectivity index (χ3n) is 4.25. The second-order valence-electron chi connectivity index (χ2n) is 5.25. The molecule has 0 unspecified atom stereocenters. The van der Waals surface area contributed by atoms with Gasteiger partial charge in [0, 0.05) is 6.42 Å². The molecule has 1 fully saturated rings. The zero-order chi connectivity index (χ0) is 15.2. The Morgan fingerprint density at radius 3 is 2.14 bits per heavy atom. The van der Waals surface area contributed by atoms with E-state index >= 15 is 0 Å². The molecule has 108 valence electrons. The fraction of sp³-hybridized carbons (Fsp3) is 0.333. The normalized spacial score (nSPS) is 25.1. The summed E-state index contributed by atoms with van der Waals surface area (Å²) in [5.74, 6) is -1.89. The van der Waals surface area contributed by atoms with Gasteiger partial charge in [0.25, 0.3) is 17.7 Å². The molecule has 6 nitrogen and oxygen atoms in total. The number of carbonyl (C=O) groups is 4. The molecule has 0 aliphatic carbocycles. The van der Waals surface area contributed by atoms with E-state index in [2.05, 4.69) is 5.32 Å². The number of rotatable bonds is 2. The predicted octanol–water partition coefficient (Wildman–Crippen LogP) is 0.868. The van der Waals surface area contributed by atoms with Crippen LogP contribution in [0.4, 0.5) is 0 Å². The first kappa shape index (κ1) is 13.5. The number of nitrogens with one attached hydrogen (secondary N) is 1. The van der Waals surface area contributed by atoms with Gasteiger partial charge in [-0.2, -0.15) is 0 Å². The highest BCUT2D eigenvalue weighted by Crippen LogP contribution is 2.36. The highest BCUT2D eigenvalue weighted by atomic mass is 16.2. The lowest BCUT2D eigenvalue weighted by atomic mass is 9.84. The Labute approximate surface area is 121 Å². The topological polar surface area (TPSA) is 83.6 Å². The van der Waals surface area contributed by atoms with E-state index in [0.717, 1.165) is 4.90 Å². The fourth-order valence-corrected chi connectivity index (χ4v) is 3.03. The number of hydrogen-bond donors (Lipinski definition) is 1. The molecular formula is C15H14N2O4. The number of carbonyl (C=O) groups excluding carboxylic acids is 4. The summed E-state index contributed by atoms with van der Waals surface area (Å²) in [6.07, 6.45) is 0.560. The SMILES string of the molecule is CC[C@]1(N2C(=O)c3ccccc3C2=O)CCC(=O)NC1=O. The molecule has 3 rings (SSSR count). The Bertz CT molecular complexity index is 647. The summed E-state index contributed by atoms with van der Waals surface area (Å²) in [5, 5.41) is 2.24. The van der Waals surface area contributed by atoms with E-state index in [1.807, 2.05) is 0 Å². The zero-order valence-corrected chi connectivity index (χ0v) is 11.5. The lowest BCUT2D eigenvalue weighted by molar-refractivity contribution is -0.142. The number of fused-ring (bicyclic) bond motifs is 1. The van der Waals surface area contributed by atoms with Gasteiger partial charge in [-0.1, -0.05) is 19.1 Å². The molecule has 4 amide bonds. The summed E-state index contributed by atoms with van der Waals surface area (Å²) in [6, 6.07) is 6.50. The molecule has 1 atom stereocenters. The van der Waals surface area contributed by atoms with Crippen molar-refractivity contribution in [3.8, 4) is 0 Å². The van der Waals surface area contributed by atoms with Crippen molar-refractivity contribution in [1.29, 1.82) is 0 Å². The van der Waals surface area contributed by atoms with Crippen molar-refractivity contribution in [2.75, 3.05) is 0 Å². The van der Waals surface area contributed by atoms with Gasteiger partial charge in [-0.25, -0.2) is 0 Å². The minimum absolute atomic E-state index is 0.118. The van der Waals surface area contributed by atoms with Crippen LogP contribution in [0.1, 0.15) is 46.9 Å². The van der Waals surface area contributed by atoms with Gasteiger partial charge < -0.3 is 0 Å². The van der Waals surface area contributed by atoms with E-state index in [-0.39, 0.29) is 25.2 Å². The minimum Gasteiger partial charge on any atom is -0.294 e. The molecule has 0 aromatic heterocycles. The van der Waals surface area contributed by atoms with Gasteiger partial charge in [0.15, 0.2) is 0 Å².